The maximum absolute atomic E-state index is 12.4. The van der Waals surface area contributed by atoms with Crippen molar-refractivity contribution in [2.24, 2.45) is 5.73 Å². The molecule has 0 radical (unpaired) electrons. The van der Waals surface area contributed by atoms with E-state index in [1.807, 2.05) is 6.07 Å². The summed E-state index contributed by atoms with van der Waals surface area (Å²) >= 11 is 7.39. The Morgan fingerprint density at radius 1 is 1.31 bits per heavy atom. The highest BCUT2D eigenvalue weighted by molar-refractivity contribution is 7.17. The Hall–Kier alpha value is -2.38. The SMILES string of the molecule is CC(=O)N1CCc2c(sc(NC(=O)Cc3ccccc3Cl)c2C(N)=O)C1. The maximum Gasteiger partial charge on any atom is 0.251 e. The summed E-state index contributed by atoms with van der Waals surface area (Å²) < 4.78 is 0. The van der Waals surface area contributed by atoms with Gasteiger partial charge < -0.3 is 16.0 Å². The van der Waals surface area contributed by atoms with Crippen LogP contribution in [0.1, 0.15) is 33.3 Å². The zero-order chi connectivity index (χ0) is 18.8. The van der Waals surface area contributed by atoms with Crippen molar-refractivity contribution in [2.75, 3.05) is 11.9 Å². The lowest BCUT2D eigenvalue weighted by Crippen LogP contribution is -2.34. The summed E-state index contributed by atoms with van der Waals surface area (Å²) in [7, 11) is 0. The number of hydrogen-bond donors (Lipinski definition) is 2. The number of nitrogens with zero attached hydrogens (tertiary/aromatic N) is 1. The summed E-state index contributed by atoms with van der Waals surface area (Å²) in [5.41, 5.74) is 7.42. The van der Waals surface area contributed by atoms with Crippen LogP contribution in [0.4, 0.5) is 5.00 Å². The summed E-state index contributed by atoms with van der Waals surface area (Å²) in [5, 5.41) is 3.73. The van der Waals surface area contributed by atoms with Crippen LogP contribution in [0, 0.1) is 0 Å². The van der Waals surface area contributed by atoms with E-state index in [-0.39, 0.29) is 18.2 Å². The van der Waals surface area contributed by atoms with Crippen molar-refractivity contribution in [1.29, 1.82) is 0 Å². The number of nitrogens with one attached hydrogen (secondary N) is 1. The van der Waals surface area contributed by atoms with E-state index in [0.717, 1.165) is 10.4 Å². The average Bonchev–Trinajstić information content (AvgIpc) is 2.93. The van der Waals surface area contributed by atoms with Gasteiger partial charge in [0.1, 0.15) is 5.00 Å². The molecule has 26 heavy (non-hydrogen) atoms. The topological polar surface area (TPSA) is 92.5 Å². The van der Waals surface area contributed by atoms with Crippen molar-refractivity contribution in [1.82, 2.24) is 4.90 Å². The minimum absolute atomic E-state index is 0.0195. The molecule has 0 saturated carbocycles. The van der Waals surface area contributed by atoms with E-state index < -0.39 is 5.91 Å². The molecule has 0 aliphatic carbocycles. The van der Waals surface area contributed by atoms with Crippen molar-refractivity contribution in [3.8, 4) is 0 Å². The molecular formula is C18H18ClN3O3S. The van der Waals surface area contributed by atoms with Gasteiger partial charge in [0.15, 0.2) is 0 Å². The number of thiophene rings is 1. The van der Waals surface area contributed by atoms with Gasteiger partial charge in [0.2, 0.25) is 11.8 Å². The lowest BCUT2D eigenvalue weighted by molar-refractivity contribution is -0.129. The number of nitrogens with two attached hydrogens (primary N) is 1. The molecule has 2 aromatic rings. The highest BCUT2D eigenvalue weighted by atomic mass is 35.5. The van der Waals surface area contributed by atoms with Gasteiger partial charge >= 0.3 is 0 Å². The van der Waals surface area contributed by atoms with Crippen molar-refractivity contribution < 1.29 is 14.4 Å². The van der Waals surface area contributed by atoms with E-state index >= 15 is 0 Å². The molecular weight excluding hydrogens is 374 g/mol. The Balaban J connectivity index is 1.84. The number of amides is 3. The predicted molar refractivity (Wildman–Crippen MR) is 101 cm³/mol. The number of rotatable bonds is 4. The van der Waals surface area contributed by atoms with Gasteiger partial charge in [-0.05, 0) is 23.6 Å². The molecule has 3 rings (SSSR count). The molecule has 0 spiro atoms. The number of carbonyl (C=O) groups is 3. The van der Waals surface area contributed by atoms with E-state index in [4.69, 9.17) is 17.3 Å². The van der Waals surface area contributed by atoms with E-state index in [1.54, 1.807) is 23.1 Å². The minimum Gasteiger partial charge on any atom is -0.365 e. The average molecular weight is 392 g/mol. The fourth-order valence-electron chi connectivity index (χ4n) is 3.01. The van der Waals surface area contributed by atoms with Crippen LogP contribution in [0.5, 0.6) is 0 Å². The third kappa shape index (κ3) is 3.73. The van der Waals surface area contributed by atoms with Crippen LogP contribution in [0.2, 0.25) is 5.02 Å². The van der Waals surface area contributed by atoms with Crippen molar-refractivity contribution >= 4 is 45.7 Å². The molecule has 1 aliphatic rings. The Labute approximate surface area is 159 Å². The fourth-order valence-corrected chi connectivity index (χ4v) is 4.49. The smallest absolute Gasteiger partial charge is 0.251 e. The molecule has 0 unspecified atom stereocenters. The van der Waals surface area contributed by atoms with E-state index in [1.165, 1.54) is 18.3 Å². The van der Waals surface area contributed by atoms with Gasteiger partial charge in [0.25, 0.3) is 5.91 Å². The second-order valence-electron chi connectivity index (χ2n) is 6.08. The lowest BCUT2D eigenvalue weighted by Gasteiger charge is -2.25. The van der Waals surface area contributed by atoms with E-state index in [0.29, 0.717) is 40.7 Å². The molecule has 0 fully saturated rings. The van der Waals surface area contributed by atoms with Crippen LogP contribution in [-0.2, 0) is 29.0 Å². The first-order valence-corrected chi connectivity index (χ1v) is 9.29. The number of primary amides is 1. The van der Waals surface area contributed by atoms with Gasteiger partial charge in [-0.3, -0.25) is 14.4 Å². The van der Waals surface area contributed by atoms with Gasteiger partial charge in [-0.1, -0.05) is 29.8 Å². The number of halogens is 1. The zero-order valence-electron chi connectivity index (χ0n) is 14.2. The van der Waals surface area contributed by atoms with Crippen molar-refractivity contribution in [3.63, 3.8) is 0 Å². The highest BCUT2D eigenvalue weighted by Gasteiger charge is 2.28. The molecule has 3 amide bonds. The monoisotopic (exact) mass is 391 g/mol. The lowest BCUT2D eigenvalue weighted by atomic mass is 10.0. The molecule has 8 heteroatoms. The third-order valence-corrected chi connectivity index (χ3v) is 5.81. The van der Waals surface area contributed by atoms with Crippen LogP contribution in [0.15, 0.2) is 24.3 Å². The van der Waals surface area contributed by atoms with Crippen LogP contribution in [0.25, 0.3) is 0 Å². The van der Waals surface area contributed by atoms with E-state index in [9.17, 15) is 14.4 Å². The second kappa shape index (κ2) is 7.47. The normalized spacial score (nSPS) is 13.2. The number of fused-ring (bicyclic) bond motifs is 1. The van der Waals surface area contributed by atoms with Crippen LogP contribution < -0.4 is 11.1 Å². The van der Waals surface area contributed by atoms with Crippen molar-refractivity contribution in [2.45, 2.75) is 26.3 Å². The quantitative estimate of drug-likeness (QED) is 0.838. The Morgan fingerprint density at radius 3 is 2.69 bits per heavy atom. The maximum atomic E-state index is 12.4. The molecule has 0 saturated heterocycles. The summed E-state index contributed by atoms with van der Waals surface area (Å²) in [6, 6.07) is 7.10. The van der Waals surface area contributed by atoms with Crippen LogP contribution in [-0.4, -0.2) is 29.2 Å². The van der Waals surface area contributed by atoms with Crippen molar-refractivity contribution in [3.05, 3.63) is 50.9 Å². The molecule has 3 N–H and O–H groups in total. The number of carbonyl (C=O) groups excluding carboxylic acids is 3. The van der Waals surface area contributed by atoms with Gasteiger partial charge in [0.05, 0.1) is 18.5 Å². The third-order valence-electron chi connectivity index (χ3n) is 4.31. The first kappa shape index (κ1) is 18.4. The molecule has 136 valence electrons. The Bertz CT molecular complexity index is 894. The van der Waals surface area contributed by atoms with Gasteiger partial charge in [-0.25, -0.2) is 0 Å². The highest BCUT2D eigenvalue weighted by Crippen LogP contribution is 2.37. The van der Waals surface area contributed by atoms with Crippen LogP contribution in [0.3, 0.4) is 0 Å². The largest absolute Gasteiger partial charge is 0.365 e. The Kier molecular flexibility index (Phi) is 5.29. The second-order valence-corrected chi connectivity index (χ2v) is 7.59. The summed E-state index contributed by atoms with van der Waals surface area (Å²) in [4.78, 5) is 38.5. The molecule has 0 bridgehead atoms. The van der Waals surface area contributed by atoms with Gasteiger partial charge in [-0.15, -0.1) is 11.3 Å². The standard InChI is InChI=1S/C18H18ClN3O3S/c1-10(23)22-7-6-12-14(9-22)26-18(16(12)17(20)25)21-15(24)8-11-4-2-3-5-13(11)19/h2-5H,6-9H2,1H3,(H2,20,25)(H,21,24). The number of benzene rings is 1. The molecule has 6 nitrogen and oxygen atoms in total. The van der Waals surface area contributed by atoms with Crippen LogP contribution >= 0.6 is 22.9 Å². The molecule has 1 aliphatic heterocycles. The Morgan fingerprint density at radius 2 is 2.04 bits per heavy atom. The van der Waals surface area contributed by atoms with Gasteiger partial charge in [-0.2, -0.15) is 0 Å². The van der Waals surface area contributed by atoms with E-state index in [2.05, 4.69) is 5.32 Å². The summed E-state index contributed by atoms with van der Waals surface area (Å²) in [6.45, 7) is 2.47. The molecule has 1 aromatic heterocycles. The summed E-state index contributed by atoms with van der Waals surface area (Å²) in [5.74, 6) is -0.872. The minimum atomic E-state index is -0.577. The fraction of sp³-hybridized carbons (Fsp3) is 0.278. The number of anilines is 1. The first-order valence-electron chi connectivity index (χ1n) is 8.10. The first-order chi connectivity index (χ1) is 12.4. The predicted octanol–water partition coefficient (Wildman–Crippen LogP) is 2.59. The molecule has 0 atom stereocenters. The zero-order valence-corrected chi connectivity index (χ0v) is 15.7. The molecule has 1 aromatic carbocycles. The number of hydrogen-bond acceptors (Lipinski definition) is 4. The molecule has 2 heterocycles. The van der Waals surface area contributed by atoms with Gasteiger partial charge in [0, 0.05) is 23.4 Å². The summed E-state index contributed by atoms with van der Waals surface area (Å²) in [6.07, 6.45) is 0.643.